The number of amides is 2. The van der Waals surface area contributed by atoms with Gasteiger partial charge in [0.15, 0.2) is 0 Å². The Kier molecular flexibility index (Phi) is 7.18. The van der Waals surface area contributed by atoms with Crippen LogP contribution in [-0.4, -0.2) is 46.2 Å². The van der Waals surface area contributed by atoms with Gasteiger partial charge >= 0.3 is 5.69 Å². The Balaban J connectivity index is 1.74. The van der Waals surface area contributed by atoms with Crippen LogP contribution >= 0.6 is 11.8 Å². The molecule has 0 radical (unpaired) electrons. The first-order valence-corrected chi connectivity index (χ1v) is 10.1. The fourth-order valence-electron chi connectivity index (χ4n) is 2.82. The molecule has 1 aliphatic heterocycles. The lowest BCUT2D eigenvalue weighted by Gasteiger charge is -2.11. The number of nitro groups is 2. The lowest BCUT2D eigenvalue weighted by atomic mass is 10.2. The molecule has 0 aliphatic carbocycles. The molecule has 32 heavy (non-hydrogen) atoms. The van der Waals surface area contributed by atoms with E-state index < -0.39 is 21.2 Å². The summed E-state index contributed by atoms with van der Waals surface area (Å²) >= 11 is 0.847. The van der Waals surface area contributed by atoms with Crippen LogP contribution in [0.15, 0.2) is 47.4 Å². The van der Waals surface area contributed by atoms with Gasteiger partial charge in [-0.2, -0.15) is 0 Å². The number of ether oxygens (including phenoxy) is 2. The number of non-ortho nitro benzene ring substituents is 1. The first kappa shape index (κ1) is 22.9. The third-order valence-corrected chi connectivity index (χ3v) is 5.27. The van der Waals surface area contributed by atoms with Crippen LogP contribution in [0.3, 0.4) is 0 Å². The van der Waals surface area contributed by atoms with Crippen LogP contribution < -0.4 is 4.74 Å². The molecule has 1 fully saturated rings. The highest BCUT2D eigenvalue weighted by Crippen LogP contribution is 2.35. The van der Waals surface area contributed by atoms with E-state index in [1.54, 1.807) is 25.3 Å². The quantitative estimate of drug-likeness (QED) is 0.231. The first-order valence-electron chi connectivity index (χ1n) is 9.25. The number of nitro benzene ring substituents is 2. The molecule has 0 spiro atoms. The Bertz CT molecular complexity index is 1100. The Labute approximate surface area is 185 Å². The van der Waals surface area contributed by atoms with Crippen molar-refractivity contribution in [3.63, 3.8) is 0 Å². The lowest BCUT2D eigenvalue weighted by molar-refractivity contribution is -0.394. The summed E-state index contributed by atoms with van der Waals surface area (Å²) in [5.74, 6) is -0.268. The molecule has 0 bridgehead atoms. The lowest BCUT2D eigenvalue weighted by Crippen LogP contribution is -2.29. The monoisotopic (exact) mass is 459 g/mol. The zero-order valence-corrected chi connectivity index (χ0v) is 17.6. The van der Waals surface area contributed by atoms with Crippen molar-refractivity contribution in [2.75, 3.05) is 20.3 Å². The first-order chi connectivity index (χ1) is 15.3. The van der Waals surface area contributed by atoms with Crippen LogP contribution in [0.1, 0.15) is 12.0 Å². The number of carbonyl (C=O) groups excluding carboxylic acids is 2. The number of imide groups is 1. The molecular weight excluding hydrogens is 442 g/mol. The molecule has 0 unspecified atom stereocenters. The minimum Gasteiger partial charge on any atom is -0.450 e. The van der Waals surface area contributed by atoms with E-state index in [4.69, 9.17) is 9.47 Å². The predicted octanol–water partition coefficient (Wildman–Crippen LogP) is 4.37. The fraction of sp³-hybridized carbons (Fsp3) is 0.200. The SMILES string of the molecule is COCCCN1C(=O)S/C(=C/c2ccc(Oc3ccc([N+](=O)[O-])cc3[N+](=O)[O-])cc2)C1=O. The number of carbonyl (C=O) groups is 2. The molecule has 2 aromatic carbocycles. The van der Waals surface area contributed by atoms with Crippen molar-refractivity contribution >= 4 is 40.4 Å². The molecule has 0 saturated carbocycles. The zero-order chi connectivity index (χ0) is 23.3. The number of rotatable bonds is 9. The van der Waals surface area contributed by atoms with Crippen molar-refractivity contribution in [3.05, 3.63) is 73.2 Å². The second-order valence-electron chi connectivity index (χ2n) is 6.52. The number of methoxy groups -OCH3 is 1. The normalized spacial score (nSPS) is 14.8. The average Bonchev–Trinajstić information content (AvgIpc) is 3.02. The van der Waals surface area contributed by atoms with Gasteiger partial charge in [-0.15, -0.1) is 0 Å². The molecule has 0 atom stereocenters. The zero-order valence-electron chi connectivity index (χ0n) is 16.8. The van der Waals surface area contributed by atoms with Crippen molar-refractivity contribution in [1.82, 2.24) is 4.90 Å². The smallest absolute Gasteiger partial charge is 0.318 e. The van der Waals surface area contributed by atoms with E-state index in [0.717, 1.165) is 30.0 Å². The highest BCUT2D eigenvalue weighted by Gasteiger charge is 2.34. The summed E-state index contributed by atoms with van der Waals surface area (Å²) in [4.78, 5) is 46.5. The molecule has 12 heteroatoms. The minimum atomic E-state index is -0.764. The molecule has 2 amide bonds. The van der Waals surface area contributed by atoms with Crippen LogP contribution in [0.25, 0.3) is 6.08 Å². The molecule has 2 aromatic rings. The molecule has 1 aliphatic rings. The van der Waals surface area contributed by atoms with Crippen molar-refractivity contribution in [2.24, 2.45) is 0 Å². The van der Waals surface area contributed by atoms with E-state index in [1.165, 1.54) is 17.0 Å². The van der Waals surface area contributed by atoms with Gasteiger partial charge in [0.2, 0.25) is 5.75 Å². The number of nitrogens with zero attached hydrogens (tertiary/aromatic N) is 3. The maximum Gasteiger partial charge on any atom is 0.318 e. The maximum absolute atomic E-state index is 12.4. The Morgan fingerprint density at radius 1 is 1.06 bits per heavy atom. The Morgan fingerprint density at radius 2 is 1.78 bits per heavy atom. The average molecular weight is 459 g/mol. The second-order valence-corrected chi connectivity index (χ2v) is 7.51. The third-order valence-electron chi connectivity index (χ3n) is 4.36. The molecule has 166 valence electrons. The van der Waals surface area contributed by atoms with Gasteiger partial charge in [-0.05, 0) is 48.0 Å². The fourth-order valence-corrected chi connectivity index (χ4v) is 3.68. The summed E-state index contributed by atoms with van der Waals surface area (Å²) in [5, 5.41) is 21.7. The summed E-state index contributed by atoms with van der Waals surface area (Å²) in [6, 6.07) is 9.38. The van der Waals surface area contributed by atoms with Crippen molar-refractivity contribution in [2.45, 2.75) is 6.42 Å². The predicted molar refractivity (Wildman–Crippen MR) is 115 cm³/mol. The standard InChI is InChI=1S/C20H17N3O8S/c1-30-10-2-9-21-19(24)18(32-20(21)25)11-13-3-6-15(7-4-13)31-17-8-5-14(22(26)27)12-16(17)23(28)29/h3-8,11-12H,2,9-10H2,1H3/b18-11+. The van der Waals surface area contributed by atoms with Gasteiger partial charge in [0, 0.05) is 26.3 Å². The summed E-state index contributed by atoms with van der Waals surface area (Å²) in [7, 11) is 1.54. The summed E-state index contributed by atoms with van der Waals surface area (Å²) in [5.41, 5.74) is -0.334. The van der Waals surface area contributed by atoms with Crippen LogP contribution in [0, 0.1) is 20.2 Å². The van der Waals surface area contributed by atoms with Gasteiger partial charge in [0.1, 0.15) is 5.75 Å². The topological polar surface area (TPSA) is 142 Å². The van der Waals surface area contributed by atoms with Crippen LogP contribution in [0.4, 0.5) is 16.2 Å². The van der Waals surface area contributed by atoms with Gasteiger partial charge in [0.05, 0.1) is 20.8 Å². The Morgan fingerprint density at radius 3 is 2.41 bits per heavy atom. The van der Waals surface area contributed by atoms with E-state index in [0.29, 0.717) is 18.6 Å². The van der Waals surface area contributed by atoms with Gasteiger partial charge in [-0.3, -0.25) is 34.7 Å². The summed E-state index contributed by atoms with van der Waals surface area (Å²) in [6.45, 7) is 0.714. The molecule has 11 nitrogen and oxygen atoms in total. The summed E-state index contributed by atoms with van der Waals surface area (Å²) < 4.78 is 10.4. The molecule has 0 aromatic heterocycles. The van der Waals surface area contributed by atoms with Crippen molar-refractivity contribution < 1.29 is 28.9 Å². The molecule has 0 N–H and O–H groups in total. The van der Waals surface area contributed by atoms with Crippen LogP contribution in [-0.2, 0) is 9.53 Å². The molecule has 1 heterocycles. The van der Waals surface area contributed by atoms with Crippen LogP contribution in [0.2, 0.25) is 0 Å². The van der Waals surface area contributed by atoms with Crippen molar-refractivity contribution in [1.29, 1.82) is 0 Å². The molecule has 1 saturated heterocycles. The van der Waals surface area contributed by atoms with Gasteiger partial charge in [-0.1, -0.05) is 12.1 Å². The van der Waals surface area contributed by atoms with Crippen molar-refractivity contribution in [3.8, 4) is 11.5 Å². The maximum atomic E-state index is 12.4. The van der Waals surface area contributed by atoms with Gasteiger partial charge in [-0.25, -0.2) is 0 Å². The number of hydrogen-bond acceptors (Lipinski definition) is 9. The number of thioether (sulfide) groups is 1. The van der Waals surface area contributed by atoms with Gasteiger partial charge < -0.3 is 9.47 Å². The van der Waals surface area contributed by atoms with E-state index in [-0.39, 0.29) is 34.1 Å². The minimum absolute atomic E-state index is 0.148. The van der Waals surface area contributed by atoms with Crippen LogP contribution in [0.5, 0.6) is 11.5 Å². The van der Waals surface area contributed by atoms with E-state index in [9.17, 15) is 29.8 Å². The van der Waals surface area contributed by atoms with E-state index >= 15 is 0 Å². The van der Waals surface area contributed by atoms with E-state index in [1.807, 2.05) is 0 Å². The molecular formula is C20H17N3O8S. The summed E-state index contributed by atoms with van der Waals surface area (Å²) in [6.07, 6.45) is 2.11. The highest BCUT2D eigenvalue weighted by molar-refractivity contribution is 8.18. The Hall–Kier alpha value is -3.77. The second kappa shape index (κ2) is 10.0. The highest BCUT2D eigenvalue weighted by atomic mass is 32.2. The largest absolute Gasteiger partial charge is 0.450 e. The third kappa shape index (κ3) is 5.28. The van der Waals surface area contributed by atoms with E-state index in [2.05, 4.69) is 0 Å². The van der Waals surface area contributed by atoms with Gasteiger partial charge in [0.25, 0.3) is 16.8 Å². The number of hydrogen-bond donors (Lipinski definition) is 0. The molecule has 3 rings (SSSR count). The number of benzene rings is 2.